The van der Waals surface area contributed by atoms with Crippen molar-refractivity contribution in [3.8, 4) is 0 Å². The van der Waals surface area contributed by atoms with E-state index in [9.17, 15) is 9.18 Å². The molecule has 1 unspecified atom stereocenters. The fourth-order valence-corrected chi connectivity index (χ4v) is 2.24. The molecule has 3 heteroatoms. The quantitative estimate of drug-likeness (QED) is 0.769. The highest BCUT2D eigenvalue weighted by molar-refractivity contribution is 5.80. The van der Waals surface area contributed by atoms with E-state index in [-0.39, 0.29) is 18.0 Å². The molecule has 16 heavy (non-hydrogen) atoms. The number of hydrogen-bond acceptors (Lipinski definition) is 2. The standard InChI is InChI=1S/C13H15FO2/c1-2-13(9-10(15)7-8-16-13)11-5-3-4-6-12(11)14/h3-6H,2,7-9H2,1H3. The number of carbonyl (C=O) groups is 1. The Hall–Kier alpha value is -1.22. The molecule has 1 saturated heterocycles. The summed E-state index contributed by atoms with van der Waals surface area (Å²) >= 11 is 0. The molecule has 0 aromatic heterocycles. The van der Waals surface area contributed by atoms with E-state index in [2.05, 4.69) is 0 Å². The van der Waals surface area contributed by atoms with E-state index in [1.807, 2.05) is 6.92 Å². The molecule has 1 aliphatic rings. The average Bonchev–Trinajstić information content (AvgIpc) is 2.29. The molecule has 1 heterocycles. The molecular weight excluding hydrogens is 207 g/mol. The monoisotopic (exact) mass is 222 g/mol. The maximum atomic E-state index is 13.7. The lowest BCUT2D eigenvalue weighted by Gasteiger charge is -2.36. The third-order valence-electron chi connectivity index (χ3n) is 3.18. The van der Waals surface area contributed by atoms with Crippen molar-refractivity contribution in [1.29, 1.82) is 0 Å². The summed E-state index contributed by atoms with van der Waals surface area (Å²) in [6, 6.07) is 6.54. The van der Waals surface area contributed by atoms with E-state index >= 15 is 0 Å². The molecule has 1 aliphatic heterocycles. The van der Waals surface area contributed by atoms with Crippen LogP contribution < -0.4 is 0 Å². The van der Waals surface area contributed by atoms with Crippen molar-refractivity contribution in [2.75, 3.05) is 6.61 Å². The zero-order valence-corrected chi connectivity index (χ0v) is 9.33. The summed E-state index contributed by atoms with van der Waals surface area (Å²) in [5, 5.41) is 0. The average molecular weight is 222 g/mol. The van der Waals surface area contributed by atoms with Gasteiger partial charge in [-0.3, -0.25) is 4.79 Å². The van der Waals surface area contributed by atoms with Gasteiger partial charge in [-0.05, 0) is 12.5 Å². The lowest BCUT2D eigenvalue weighted by Crippen LogP contribution is -2.37. The molecule has 0 aliphatic carbocycles. The van der Waals surface area contributed by atoms with Gasteiger partial charge >= 0.3 is 0 Å². The van der Waals surface area contributed by atoms with E-state index in [0.29, 0.717) is 25.0 Å². The van der Waals surface area contributed by atoms with Crippen molar-refractivity contribution in [3.05, 3.63) is 35.6 Å². The summed E-state index contributed by atoms with van der Waals surface area (Å²) in [7, 11) is 0. The first kappa shape index (κ1) is 11.3. The maximum Gasteiger partial charge on any atom is 0.138 e. The molecule has 1 fully saturated rings. The minimum Gasteiger partial charge on any atom is -0.369 e. The van der Waals surface area contributed by atoms with Crippen LogP contribution in [-0.2, 0) is 15.1 Å². The first-order valence-electron chi connectivity index (χ1n) is 5.58. The molecule has 1 aromatic carbocycles. The normalized spacial score (nSPS) is 25.8. The van der Waals surface area contributed by atoms with Crippen molar-refractivity contribution in [2.24, 2.45) is 0 Å². The molecule has 1 atom stereocenters. The van der Waals surface area contributed by atoms with Crippen LogP contribution in [0.5, 0.6) is 0 Å². The fourth-order valence-electron chi connectivity index (χ4n) is 2.24. The highest BCUT2D eigenvalue weighted by Gasteiger charge is 2.38. The largest absolute Gasteiger partial charge is 0.369 e. The van der Waals surface area contributed by atoms with Gasteiger partial charge in [0.25, 0.3) is 0 Å². The number of ketones is 1. The Bertz CT molecular complexity index is 403. The van der Waals surface area contributed by atoms with Crippen molar-refractivity contribution in [3.63, 3.8) is 0 Å². The van der Waals surface area contributed by atoms with E-state index in [1.165, 1.54) is 6.07 Å². The highest BCUT2D eigenvalue weighted by Crippen LogP contribution is 2.37. The first-order chi connectivity index (χ1) is 7.68. The molecule has 2 rings (SSSR count). The minimum absolute atomic E-state index is 0.149. The smallest absolute Gasteiger partial charge is 0.138 e. The molecule has 86 valence electrons. The van der Waals surface area contributed by atoms with Gasteiger partial charge in [-0.1, -0.05) is 25.1 Å². The topological polar surface area (TPSA) is 26.3 Å². The Kier molecular flexibility index (Phi) is 3.06. The molecule has 0 N–H and O–H groups in total. The number of ether oxygens (including phenoxy) is 1. The lowest BCUT2D eigenvalue weighted by atomic mass is 9.83. The Morgan fingerprint density at radius 2 is 2.19 bits per heavy atom. The van der Waals surface area contributed by atoms with Gasteiger partial charge in [-0.25, -0.2) is 4.39 Å². The van der Waals surface area contributed by atoms with Crippen LogP contribution >= 0.6 is 0 Å². The van der Waals surface area contributed by atoms with E-state index in [4.69, 9.17) is 4.74 Å². The van der Waals surface area contributed by atoms with Gasteiger partial charge in [0, 0.05) is 18.4 Å². The SMILES string of the molecule is CCC1(c2ccccc2F)CC(=O)CCO1. The Morgan fingerprint density at radius 3 is 2.81 bits per heavy atom. The van der Waals surface area contributed by atoms with Gasteiger partial charge < -0.3 is 4.74 Å². The number of rotatable bonds is 2. The Labute approximate surface area is 94.4 Å². The first-order valence-corrected chi connectivity index (χ1v) is 5.58. The number of carbonyl (C=O) groups excluding carboxylic acids is 1. The molecule has 0 spiro atoms. The van der Waals surface area contributed by atoms with Gasteiger partial charge in [-0.15, -0.1) is 0 Å². The summed E-state index contributed by atoms with van der Waals surface area (Å²) in [5.41, 5.74) is -0.244. The second-order valence-electron chi connectivity index (χ2n) is 4.14. The second kappa shape index (κ2) is 4.34. The van der Waals surface area contributed by atoms with Crippen LogP contribution in [0.4, 0.5) is 4.39 Å². The van der Waals surface area contributed by atoms with Gasteiger partial charge in [0.15, 0.2) is 0 Å². The lowest BCUT2D eigenvalue weighted by molar-refractivity contribution is -0.142. The van der Waals surface area contributed by atoms with E-state index in [0.717, 1.165) is 0 Å². The van der Waals surface area contributed by atoms with E-state index in [1.54, 1.807) is 18.2 Å². The fraction of sp³-hybridized carbons (Fsp3) is 0.462. The Balaban J connectivity index is 2.41. The zero-order valence-electron chi connectivity index (χ0n) is 9.33. The zero-order chi connectivity index (χ0) is 11.6. The molecule has 0 saturated carbocycles. The molecule has 0 bridgehead atoms. The second-order valence-corrected chi connectivity index (χ2v) is 4.14. The minimum atomic E-state index is -0.749. The van der Waals surface area contributed by atoms with Gasteiger partial charge in [0.05, 0.1) is 6.61 Å². The molecule has 1 aromatic rings. The molecule has 2 nitrogen and oxygen atoms in total. The van der Waals surface area contributed by atoms with Crippen LogP contribution in [0.1, 0.15) is 31.7 Å². The highest BCUT2D eigenvalue weighted by atomic mass is 19.1. The van der Waals surface area contributed by atoms with Gasteiger partial charge in [0.1, 0.15) is 17.2 Å². The summed E-state index contributed by atoms with van der Waals surface area (Å²) < 4.78 is 19.4. The Morgan fingerprint density at radius 1 is 1.44 bits per heavy atom. The number of Topliss-reactive ketones (excluding diaryl/α,β-unsaturated/α-hetero) is 1. The molecule has 0 amide bonds. The predicted octanol–water partition coefficient (Wildman–Crippen LogP) is 2.81. The van der Waals surface area contributed by atoms with Crippen molar-refractivity contribution in [2.45, 2.75) is 31.8 Å². The van der Waals surface area contributed by atoms with Crippen LogP contribution in [0.25, 0.3) is 0 Å². The third-order valence-corrected chi connectivity index (χ3v) is 3.18. The van der Waals surface area contributed by atoms with Crippen LogP contribution in [-0.4, -0.2) is 12.4 Å². The summed E-state index contributed by atoms with van der Waals surface area (Å²) in [5.74, 6) is -0.143. The van der Waals surface area contributed by atoms with Crippen LogP contribution in [0, 0.1) is 5.82 Å². The predicted molar refractivity (Wildman–Crippen MR) is 58.6 cm³/mol. The number of halogens is 1. The maximum absolute atomic E-state index is 13.7. The van der Waals surface area contributed by atoms with Gasteiger partial charge in [-0.2, -0.15) is 0 Å². The van der Waals surface area contributed by atoms with Crippen LogP contribution in [0.2, 0.25) is 0 Å². The van der Waals surface area contributed by atoms with Crippen molar-refractivity contribution in [1.82, 2.24) is 0 Å². The molecular formula is C13H15FO2. The van der Waals surface area contributed by atoms with Crippen molar-refractivity contribution < 1.29 is 13.9 Å². The third kappa shape index (κ3) is 1.87. The summed E-state index contributed by atoms with van der Waals surface area (Å²) in [6.45, 7) is 2.31. The van der Waals surface area contributed by atoms with E-state index < -0.39 is 5.60 Å². The van der Waals surface area contributed by atoms with Crippen LogP contribution in [0.15, 0.2) is 24.3 Å². The van der Waals surface area contributed by atoms with Gasteiger partial charge in [0.2, 0.25) is 0 Å². The van der Waals surface area contributed by atoms with Crippen molar-refractivity contribution >= 4 is 5.78 Å². The molecule has 0 radical (unpaired) electrons. The number of hydrogen-bond donors (Lipinski definition) is 0. The summed E-state index contributed by atoms with van der Waals surface area (Å²) in [4.78, 5) is 11.5. The summed E-state index contributed by atoms with van der Waals surface area (Å²) in [6.07, 6.45) is 1.33. The van der Waals surface area contributed by atoms with Crippen LogP contribution in [0.3, 0.4) is 0 Å². The number of benzene rings is 1.